The van der Waals surface area contributed by atoms with Crippen molar-refractivity contribution in [3.05, 3.63) is 0 Å². The number of rotatable bonds is 6. The Bertz CT molecular complexity index is 480. The highest BCUT2D eigenvalue weighted by molar-refractivity contribution is 8.01. The second-order valence-corrected chi connectivity index (χ2v) is 8.40. The molecule has 0 aromatic carbocycles. The van der Waals surface area contributed by atoms with Crippen LogP contribution in [0.4, 0.5) is 4.79 Å². The van der Waals surface area contributed by atoms with Gasteiger partial charge in [-0.05, 0) is 6.42 Å². The Balaban J connectivity index is 2.84. The Morgan fingerprint density at radius 1 is 1.43 bits per heavy atom. The van der Waals surface area contributed by atoms with E-state index in [9.17, 15) is 18.0 Å². The molecule has 7 nitrogen and oxygen atoms in total. The van der Waals surface area contributed by atoms with Gasteiger partial charge >= 0.3 is 12.0 Å². The molecular weight excluding hydrogens is 316 g/mol. The molecule has 2 amide bonds. The van der Waals surface area contributed by atoms with Crippen LogP contribution >= 0.6 is 11.8 Å². The number of carbonyl (C=O) groups is 2. The number of nitrogens with zero attached hydrogens (tertiary/aromatic N) is 1. The normalized spacial score (nSPS) is 20.9. The molecule has 0 spiro atoms. The van der Waals surface area contributed by atoms with E-state index in [-0.39, 0.29) is 5.75 Å². The van der Waals surface area contributed by atoms with E-state index in [1.807, 2.05) is 6.92 Å². The van der Waals surface area contributed by atoms with Crippen LogP contribution in [0.1, 0.15) is 26.7 Å². The van der Waals surface area contributed by atoms with E-state index in [1.165, 1.54) is 16.7 Å². The number of carboxylic acid groups (broad SMARTS) is 1. The quantitative estimate of drug-likeness (QED) is 0.741. The lowest BCUT2D eigenvalue weighted by molar-refractivity contribution is -0.139. The molecule has 9 heteroatoms. The first-order valence-corrected chi connectivity index (χ1v) is 9.79. The number of aliphatic carboxylic acids is 1. The molecule has 21 heavy (non-hydrogen) atoms. The third kappa shape index (κ3) is 4.77. The van der Waals surface area contributed by atoms with Gasteiger partial charge in [-0.1, -0.05) is 20.3 Å². The summed E-state index contributed by atoms with van der Waals surface area (Å²) in [6.45, 7) is 3.67. The molecule has 1 heterocycles. The molecule has 2 atom stereocenters. The highest BCUT2D eigenvalue weighted by Gasteiger charge is 2.36. The van der Waals surface area contributed by atoms with Crippen molar-refractivity contribution in [3.63, 3.8) is 0 Å². The first kappa shape index (κ1) is 18.1. The summed E-state index contributed by atoms with van der Waals surface area (Å²) >= 11 is 1.48. The Labute approximate surface area is 129 Å². The van der Waals surface area contributed by atoms with Crippen LogP contribution in [0.5, 0.6) is 0 Å². The minimum atomic E-state index is -3.39. The van der Waals surface area contributed by atoms with Gasteiger partial charge in [0.25, 0.3) is 0 Å². The van der Waals surface area contributed by atoms with Gasteiger partial charge in [-0.15, -0.1) is 0 Å². The summed E-state index contributed by atoms with van der Waals surface area (Å²) in [5.41, 5.74) is 0. The molecule has 2 N–H and O–H groups in total. The third-order valence-corrected chi connectivity index (χ3v) is 6.62. The average Bonchev–Trinajstić information content (AvgIpc) is 2.46. The number of amides is 2. The molecule has 0 saturated carbocycles. The molecule has 1 saturated heterocycles. The van der Waals surface area contributed by atoms with Crippen molar-refractivity contribution < 1.29 is 23.1 Å². The first-order chi connectivity index (χ1) is 9.83. The Morgan fingerprint density at radius 2 is 2.10 bits per heavy atom. The fourth-order valence-electron chi connectivity index (χ4n) is 2.08. The van der Waals surface area contributed by atoms with E-state index in [2.05, 4.69) is 5.32 Å². The molecule has 1 fully saturated rings. The highest BCUT2D eigenvalue weighted by Crippen LogP contribution is 2.21. The van der Waals surface area contributed by atoms with Gasteiger partial charge < -0.3 is 15.3 Å². The predicted molar refractivity (Wildman–Crippen MR) is 82.1 cm³/mol. The molecule has 0 radical (unpaired) electrons. The van der Waals surface area contributed by atoms with Crippen LogP contribution in [0.2, 0.25) is 0 Å². The van der Waals surface area contributed by atoms with Crippen LogP contribution < -0.4 is 5.32 Å². The standard InChI is InChI=1S/C12H22N2O5S2/c1-3-5-9(11(15)16)13-12(17)14-6-7-20-8-10(14)21(18,19)4-2/h9-10H,3-8H2,1-2H3,(H,13,17)(H,15,16). The summed E-state index contributed by atoms with van der Waals surface area (Å²) in [4.78, 5) is 24.6. The SMILES string of the molecule is CCCC(NC(=O)N1CCSCC1S(=O)(=O)CC)C(=O)O. The van der Waals surface area contributed by atoms with Crippen LogP contribution in [-0.4, -0.2) is 65.6 Å². The number of carbonyl (C=O) groups excluding carboxylic acids is 1. The number of sulfone groups is 1. The second kappa shape index (κ2) is 7.88. The molecule has 2 unspecified atom stereocenters. The van der Waals surface area contributed by atoms with E-state index < -0.39 is 33.3 Å². The fourth-order valence-corrected chi connectivity index (χ4v) is 5.05. The van der Waals surface area contributed by atoms with Crippen LogP contribution in [0.25, 0.3) is 0 Å². The maximum atomic E-state index is 12.2. The van der Waals surface area contributed by atoms with Crippen molar-refractivity contribution in [1.29, 1.82) is 0 Å². The minimum absolute atomic E-state index is 0.0423. The summed E-state index contributed by atoms with van der Waals surface area (Å²) in [6, 6.07) is -1.60. The van der Waals surface area contributed by atoms with Crippen molar-refractivity contribution in [2.24, 2.45) is 0 Å². The second-order valence-electron chi connectivity index (χ2n) is 4.80. The van der Waals surface area contributed by atoms with E-state index in [1.54, 1.807) is 6.92 Å². The van der Waals surface area contributed by atoms with Gasteiger partial charge in [-0.2, -0.15) is 11.8 Å². The van der Waals surface area contributed by atoms with E-state index >= 15 is 0 Å². The van der Waals surface area contributed by atoms with Crippen LogP contribution in [0.3, 0.4) is 0 Å². The molecule has 0 aromatic rings. The van der Waals surface area contributed by atoms with E-state index in [4.69, 9.17) is 5.11 Å². The van der Waals surface area contributed by atoms with Gasteiger partial charge in [0.05, 0.1) is 0 Å². The largest absolute Gasteiger partial charge is 0.480 e. The van der Waals surface area contributed by atoms with Gasteiger partial charge in [0.15, 0.2) is 9.84 Å². The lowest BCUT2D eigenvalue weighted by Crippen LogP contribution is -2.56. The zero-order chi connectivity index (χ0) is 16.0. The van der Waals surface area contributed by atoms with Crippen molar-refractivity contribution in [3.8, 4) is 0 Å². The Hall–Kier alpha value is -0.960. The zero-order valence-electron chi connectivity index (χ0n) is 12.2. The number of urea groups is 1. The molecule has 0 aliphatic carbocycles. The van der Waals surface area contributed by atoms with Gasteiger partial charge in [0.2, 0.25) is 0 Å². The lowest BCUT2D eigenvalue weighted by atomic mass is 10.2. The van der Waals surface area contributed by atoms with Gasteiger partial charge in [0.1, 0.15) is 11.4 Å². The Morgan fingerprint density at radius 3 is 2.62 bits per heavy atom. The van der Waals surface area contributed by atoms with E-state index in [0.29, 0.717) is 30.9 Å². The average molecular weight is 338 g/mol. The van der Waals surface area contributed by atoms with Crippen molar-refractivity contribution in [2.45, 2.75) is 38.1 Å². The lowest BCUT2D eigenvalue weighted by Gasteiger charge is -2.35. The van der Waals surface area contributed by atoms with Crippen molar-refractivity contribution in [1.82, 2.24) is 10.2 Å². The molecule has 1 aliphatic heterocycles. The molecule has 122 valence electrons. The molecule has 0 aromatic heterocycles. The van der Waals surface area contributed by atoms with Crippen molar-refractivity contribution in [2.75, 3.05) is 23.8 Å². The number of hydrogen-bond donors (Lipinski definition) is 2. The molecule has 1 rings (SSSR count). The summed E-state index contributed by atoms with van der Waals surface area (Å²) in [5, 5.41) is 10.6. The third-order valence-electron chi connectivity index (χ3n) is 3.34. The first-order valence-electron chi connectivity index (χ1n) is 6.92. The summed E-state index contributed by atoms with van der Waals surface area (Å²) < 4.78 is 24.1. The monoisotopic (exact) mass is 338 g/mol. The van der Waals surface area contributed by atoms with Crippen LogP contribution in [-0.2, 0) is 14.6 Å². The van der Waals surface area contributed by atoms with Crippen LogP contribution in [0, 0.1) is 0 Å². The summed E-state index contributed by atoms with van der Waals surface area (Å²) in [5.74, 6) is -0.171. The predicted octanol–water partition coefficient (Wildman–Crippen LogP) is 0.759. The number of carboxylic acids is 1. The van der Waals surface area contributed by atoms with Gasteiger partial charge in [-0.25, -0.2) is 18.0 Å². The maximum Gasteiger partial charge on any atom is 0.326 e. The highest BCUT2D eigenvalue weighted by atomic mass is 32.2. The van der Waals surface area contributed by atoms with Crippen molar-refractivity contribution >= 4 is 33.6 Å². The number of thioether (sulfide) groups is 1. The molecule has 1 aliphatic rings. The van der Waals surface area contributed by atoms with Gasteiger partial charge in [-0.3, -0.25) is 0 Å². The fraction of sp³-hybridized carbons (Fsp3) is 0.833. The van der Waals surface area contributed by atoms with Crippen LogP contribution in [0.15, 0.2) is 0 Å². The molecular formula is C12H22N2O5S2. The zero-order valence-corrected chi connectivity index (χ0v) is 13.9. The maximum absolute atomic E-state index is 12.2. The smallest absolute Gasteiger partial charge is 0.326 e. The van der Waals surface area contributed by atoms with Gasteiger partial charge in [0, 0.05) is 23.8 Å². The minimum Gasteiger partial charge on any atom is -0.480 e. The Kier molecular flexibility index (Phi) is 6.79. The van der Waals surface area contributed by atoms with E-state index in [0.717, 1.165) is 0 Å². The molecule has 0 bridgehead atoms. The topological polar surface area (TPSA) is 104 Å². The summed E-state index contributed by atoms with van der Waals surface area (Å²) in [6.07, 6.45) is 0.929. The summed E-state index contributed by atoms with van der Waals surface area (Å²) in [7, 11) is -3.39. The number of hydrogen-bond acceptors (Lipinski definition) is 5. The number of nitrogens with one attached hydrogen (secondary N) is 1.